The molecule has 0 amide bonds. The van der Waals surface area contributed by atoms with Gasteiger partial charge < -0.3 is 9.64 Å². The number of esters is 1. The standard InChI is InChI=1S/C18H17ClFN5O4S2/c1-29-18(26)13-12-7-9(24-31(21,27)28)8-25(12)16(17-22-5-6-30-17)23-15(13)10-3-2-4-11(20)14(10)19/h2-6,9,15,24H,7-8H2,1H3,(H2,21,27,28)/t9-,15-/m0/s1. The van der Waals surface area contributed by atoms with Crippen LogP contribution < -0.4 is 9.86 Å². The van der Waals surface area contributed by atoms with Crippen LogP contribution in [-0.2, 0) is 19.7 Å². The van der Waals surface area contributed by atoms with Crippen LogP contribution in [0.1, 0.15) is 23.0 Å². The van der Waals surface area contributed by atoms with E-state index in [-0.39, 0.29) is 29.1 Å². The first-order chi connectivity index (χ1) is 14.7. The predicted octanol–water partition coefficient (Wildman–Crippen LogP) is 1.73. The summed E-state index contributed by atoms with van der Waals surface area (Å²) in [7, 11) is -2.76. The molecular weight excluding hydrogens is 469 g/mol. The van der Waals surface area contributed by atoms with E-state index >= 15 is 0 Å². The van der Waals surface area contributed by atoms with Crippen LogP contribution >= 0.6 is 22.9 Å². The minimum atomic E-state index is -3.98. The Bertz CT molecular complexity index is 1200. The van der Waals surface area contributed by atoms with Crippen molar-refractivity contribution in [2.45, 2.75) is 18.5 Å². The summed E-state index contributed by atoms with van der Waals surface area (Å²) >= 11 is 7.54. The lowest BCUT2D eigenvalue weighted by atomic mass is 9.94. The van der Waals surface area contributed by atoms with Gasteiger partial charge in [0.15, 0.2) is 10.8 Å². The van der Waals surface area contributed by atoms with Crippen LogP contribution in [0.25, 0.3) is 0 Å². The number of rotatable bonds is 5. The third-order valence-corrected chi connectivity index (χ3v) is 6.73. The number of carbonyl (C=O) groups is 1. The van der Waals surface area contributed by atoms with Crippen LogP contribution in [0.2, 0.25) is 5.02 Å². The molecule has 2 aliphatic rings. The molecule has 2 aliphatic heterocycles. The largest absolute Gasteiger partial charge is 0.466 e. The number of hydrogen-bond donors (Lipinski definition) is 2. The number of halogens is 2. The highest BCUT2D eigenvalue weighted by atomic mass is 35.5. The van der Waals surface area contributed by atoms with Crippen molar-refractivity contribution in [3.63, 3.8) is 0 Å². The number of thiazole rings is 1. The van der Waals surface area contributed by atoms with Gasteiger partial charge in [0.2, 0.25) is 0 Å². The van der Waals surface area contributed by atoms with Crippen molar-refractivity contribution in [1.82, 2.24) is 14.6 Å². The van der Waals surface area contributed by atoms with Gasteiger partial charge in [0.05, 0.1) is 17.7 Å². The van der Waals surface area contributed by atoms with Crippen LogP contribution in [0.5, 0.6) is 0 Å². The van der Waals surface area contributed by atoms with Crippen LogP contribution in [-0.4, -0.2) is 49.8 Å². The van der Waals surface area contributed by atoms with Crippen molar-refractivity contribution in [2.24, 2.45) is 10.1 Å². The van der Waals surface area contributed by atoms with Gasteiger partial charge in [-0.05, 0) is 6.07 Å². The molecule has 13 heteroatoms. The number of fused-ring (bicyclic) bond motifs is 1. The fourth-order valence-corrected chi connectivity index (χ4v) is 5.23. The maximum absolute atomic E-state index is 14.2. The van der Waals surface area contributed by atoms with E-state index in [1.807, 2.05) is 0 Å². The predicted molar refractivity (Wildman–Crippen MR) is 113 cm³/mol. The summed E-state index contributed by atoms with van der Waals surface area (Å²) in [6.45, 7) is 0.175. The summed E-state index contributed by atoms with van der Waals surface area (Å²) < 4.78 is 44.7. The number of hydrogen-bond acceptors (Lipinski definition) is 8. The average molecular weight is 486 g/mol. The molecule has 1 aromatic carbocycles. The lowest BCUT2D eigenvalue weighted by Gasteiger charge is -2.31. The monoisotopic (exact) mass is 485 g/mol. The molecule has 1 saturated heterocycles. The molecule has 3 heterocycles. The van der Waals surface area contributed by atoms with Gasteiger partial charge in [-0.25, -0.2) is 19.3 Å². The highest BCUT2D eigenvalue weighted by Gasteiger charge is 2.43. The number of nitrogens with one attached hydrogen (secondary N) is 1. The smallest absolute Gasteiger partial charge is 0.338 e. The van der Waals surface area contributed by atoms with Crippen molar-refractivity contribution in [3.05, 3.63) is 62.5 Å². The lowest BCUT2D eigenvalue weighted by Crippen LogP contribution is -2.42. The minimum Gasteiger partial charge on any atom is -0.466 e. The molecule has 3 N–H and O–H groups in total. The number of nitrogens with zero attached hydrogens (tertiary/aromatic N) is 3. The molecule has 31 heavy (non-hydrogen) atoms. The highest BCUT2D eigenvalue weighted by molar-refractivity contribution is 7.87. The third-order valence-electron chi connectivity index (χ3n) is 4.90. The Balaban J connectivity index is 1.91. The quantitative estimate of drug-likeness (QED) is 0.621. The number of methoxy groups -OCH3 is 1. The van der Waals surface area contributed by atoms with Gasteiger partial charge in [0.1, 0.15) is 11.9 Å². The second-order valence-electron chi connectivity index (χ2n) is 6.86. The van der Waals surface area contributed by atoms with E-state index in [0.29, 0.717) is 16.5 Å². The molecule has 1 fully saturated rings. The molecule has 0 bridgehead atoms. The lowest BCUT2D eigenvalue weighted by molar-refractivity contribution is -0.136. The number of aliphatic imine (C=N–C) groups is 1. The van der Waals surface area contributed by atoms with E-state index in [0.717, 1.165) is 0 Å². The average Bonchev–Trinajstić information content (AvgIpc) is 3.37. The van der Waals surface area contributed by atoms with Crippen LogP contribution in [0.4, 0.5) is 4.39 Å². The van der Waals surface area contributed by atoms with Crippen molar-refractivity contribution < 1.29 is 22.3 Å². The van der Waals surface area contributed by atoms with Crippen LogP contribution in [0.3, 0.4) is 0 Å². The van der Waals surface area contributed by atoms with Gasteiger partial charge in [-0.2, -0.15) is 13.1 Å². The summed E-state index contributed by atoms with van der Waals surface area (Å²) in [5, 5.41) is 7.29. The molecule has 1 aromatic heterocycles. The number of carbonyl (C=O) groups excluding carboxylic acids is 1. The summed E-state index contributed by atoms with van der Waals surface area (Å²) in [6.07, 6.45) is 1.75. The number of aromatic nitrogens is 1. The minimum absolute atomic E-state index is 0.147. The number of ether oxygens (including phenoxy) is 1. The van der Waals surface area contributed by atoms with Gasteiger partial charge in [-0.1, -0.05) is 23.7 Å². The highest BCUT2D eigenvalue weighted by Crippen LogP contribution is 2.42. The summed E-state index contributed by atoms with van der Waals surface area (Å²) in [5.41, 5.74) is 0.915. The van der Waals surface area contributed by atoms with E-state index < -0.39 is 34.1 Å². The number of amidine groups is 1. The normalized spacial score (nSPS) is 21.2. The number of benzene rings is 1. The molecule has 9 nitrogen and oxygen atoms in total. The van der Waals surface area contributed by atoms with Crippen molar-refractivity contribution in [2.75, 3.05) is 13.7 Å². The Morgan fingerprint density at radius 1 is 1.45 bits per heavy atom. The van der Waals surface area contributed by atoms with E-state index in [4.69, 9.17) is 26.5 Å². The van der Waals surface area contributed by atoms with Crippen molar-refractivity contribution >= 4 is 45.0 Å². The Kier molecular flexibility index (Phi) is 5.83. The zero-order valence-electron chi connectivity index (χ0n) is 16.1. The van der Waals surface area contributed by atoms with Crippen LogP contribution in [0, 0.1) is 5.82 Å². The summed E-state index contributed by atoms with van der Waals surface area (Å²) in [6, 6.07) is 2.68. The van der Waals surface area contributed by atoms with E-state index in [9.17, 15) is 17.6 Å². The first kappa shape index (κ1) is 21.8. The molecule has 0 radical (unpaired) electrons. The molecule has 2 aromatic rings. The summed E-state index contributed by atoms with van der Waals surface area (Å²) in [5.74, 6) is -0.910. The SMILES string of the molecule is COC(=O)C1=C2C[C@H](NS(N)(=O)=O)CN2C(c2nccs2)=N[C@H]1c1cccc(F)c1Cl. The van der Waals surface area contributed by atoms with Gasteiger partial charge in [0, 0.05) is 41.8 Å². The second-order valence-corrected chi connectivity index (χ2v) is 9.46. The van der Waals surface area contributed by atoms with Gasteiger partial charge in [-0.3, -0.25) is 4.99 Å². The second kappa shape index (κ2) is 8.28. The molecule has 0 unspecified atom stereocenters. The molecule has 0 saturated carbocycles. The summed E-state index contributed by atoms with van der Waals surface area (Å²) in [4.78, 5) is 23.5. The number of nitrogens with two attached hydrogens (primary N) is 1. The maximum Gasteiger partial charge on any atom is 0.338 e. The molecule has 0 aliphatic carbocycles. The molecule has 0 spiro atoms. The molecule has 164 valence electrons. The maximum atomic E-state index is 14.2. The van der Waals surface area contributed by atoms with E-state index in [1.165, 1.54) is 30.6 Å². The molecule has 2 atom stereocenters. The zero-order valence-corrected chi connectivity index (χ0v) is 18.5. The first-order valence-electron chi connectivity index (χ1n) is 9.00. The van der Waals surface area contributed by atoms with Crippen molar-refractivity contribution in [1.29, 1.82) is 0 Å². The Labute approximate surface area is 186 Å². The Hall–Kier alpha value is -2.38. The third kappa shape index (κ3) is 4.21. The fourth-order valence-electron chi connectivity index (χ4n) is 3.73. The molecule has 4 rings (SSSR count). The van der Waals surface area contributed by atoms with Gasteiger partial charge >= 0.3 is 5.97 Å². The topological polar surface area (TPSA) is 127 Å². The Morgan fingerprint density at radius 2 is 2.23 bits per heavy atom. The fraction of sp³-hybridized carbons (Fsp3) is 0.278. The van der Waals surface area contributed by atoms with Crippen LogP contribution in [0.15, 0.2) is 46.0 Å². The van der Waals surface area contributed by atoms with E-state index in [1.54, 1.807) is 22.5 Å². The first-order valence-corrected chi connectivity index (χ1v) is 11.8. The zero-order chi connectivity index (χ0) is 22.3. The molecular formula is C18H17ClFN5O4S2. The van der Waals surface area contributed by atoms with Gasteiger partial charge in [0.25, 0.3) is 10.2 Å². The van der Waals surface area contributed by atoms with Gasteiger partial charge in [-0.15, -0.1) is 11.3 Å². The Morgan fingerprint density at radius 3 is 2.87 bits per heavy atom. The van der Waals surface area contributed by atoms with Crippen molar-refractivity contribution in [3.8, 4) is 0 Å². The van der Waals surface area contributed by atoms with E-state index in [2.05, 4.69) is 9.71 Å².